The first-order valence-corrected chi connectivity index (χ1v) is 8.23. The number of halogens is 1. The molecule has 0 unspecified atom stereocenters. The van der Waals surface area contributed by atoms with E-state index in [0.29, 0.717) is 26.8 Å². The molecule has 0 aliphatic rings. The number of carbonyl (C=O) groups excluding carboxylic acids is 1. The predicted molar refractivity (Wildman–Crippen MR) is 99.5 cm³/mol. The highest BCUT2D eigenvalue weighted by atomic mass is 32.1. The summed E-state index contributed by atoms with van der Waals surface area (Å²) in [6.45, 7) is -0.219. The van der Waals surface area contributed by atoms with Crippen molar-refractivity contribution in [2.24, 2.45) is 16.8 Å². The Kier molecular flexibility index (Phi) is 5.25. The summed E-state index contributed by atoms with van der Waals surface area (Å²) in [4.78, 5) is 16.3. The number of nitrogens with zero attached hydrogens (tertiary/aromatic N) is 3. The van der Waals surface area contributed by atoms with Crippen LogP contribution in [0.3, 0.4) is 0 Å². The first-order chi connectivity index (χ1) is 12.5. The Morgan fingerprint density at radius 1 is 1.38 bits per heavy atom. The summed E-state index contributed by atoms with van der Waals surface area (Å²) in [5, 5.41) is 7.55. The third-order valence-electron chi connectivity index (χ3n) is 3.27. The van der Waals surface area contributed by atoms with Crippen LogP contribution >= 0.6 is 11.3 Å². The molecule has 134 valence electrons. The molecule has 0 radical (unpaired) electrons. The smallest absolute Gasteiger partial charge is 0.264 e. The lowest BCUT2D eigenvalue weighted by molar-refractivity contribution is -0.118. The molecule has 3 aromatic rings. The Hall–Kier alpha value is -3.24. The van der Waals surface area contributed by atoms with Crippen molar-refractivity contribution in [1.82, 2.24) is 4.98 Å². The minimum absolute atomic E-state index is 0.219. The zero-order valence-electron chi connectivity index (χ0n) is 13.4. The van der Waals surface area contributed by atoms with Gasteiger partial charge in [-0.05, 0) is 30.3 Å². The Bertz CT molecular complexity index is 961. The summed E-state index contributed by atoms with van der Waals surface area (Å²) in [7, 11) is 0. The molecule has 0 bridgehead atoms. The van der Waals surface area contributed by atoms with Gasteiger partial charge in [0.25, 0.3) is 5.91 Å². The van der Waals surface area contributed by atoms with Crippen LogP contribution in [0.1, 0.15) is 0 Å². The van der Waals surface area contributed by atoms with Gasteiger partial charge in [0.05, 0.1) is 15.9 Å². The van der Waals surface area contributed by atoms with Crippen molar-refractivity contribution >= 4 is 44.6 Å². The maximum atomic E-state index is 13.2. The molecule has 0 aliphatic carbocycles. The fraction of sp³-hybridized carbons (Fsp3) is 0.0625. The summed E-state index contributed by atoms with van der Waals surface area (Å²) < 4.78 is 19.3. The van der Waals surface area contributed by atoms with Crippen LogP contribution in [-0.2, 0) is 4.79 Å². The average Bonchev–Trinajstić information content (AvgIpc) is 3.01. The molecule has 0 saturated heterocycles. The number of ether oxygens (including phenoxy) is 1. The van der Waals surface area contributed by atoms with Gasteiger partial charge in [-0.2, -0.15) is 5.10 Å². The molecule has 0 atom stereocenters. The van der Waals surface area contributed by atoms with Crippen LogP contribution in [0.2, 0.25) is 0 Å². The normalized spacial score (nSPS) is 11.0. The van der Waals surface area contributed by atoms with Gasteiger partial charge in [-0.1, -0.05) is 17.4 Å². The van der Waals surface area contributed by atoms with Gasteiger partial charge in [0.15, 0.2) is 11.7 Å². The molecule has 3 rings (SSSR count). The van der Waals surface area contributed by atoms with Gasteiger partial charge in [0.2, 0.25) is 0 Å². The first kappa shape index (κ1) is 17.6. The lowest BCUT2D eigenvalue weighted by Crippen LogP contribution is -2.29. The van der Waals surface area contributed by atoms with Crippen LogP contribution in [0, 0.1) is 5.82 Å². The second-order valence-electron chi connectivity index (χ2n) is 5.14. The minimum atomic E-state index is -0.386. The lowest BCUT2D eigenvalue weighted by atomic mass is 10.3. The molecular formula is C16H15FN6O2S. The summed E-state index contributed by atoms with van der Waals surface area (Å²) in [5.74, 6) is 10.5. The average molecular weight is 374 g/mol. The predicted octanol–water partition coefficient (Wildman–Crippen LogP) is 2.03. The standard InChI is InChI=1S/C16H15FN6O2S/c17-10-4-5-13-14(6-10)26-16(21-13)22-15(24)8-25-12-3-1-2-11(7-12)23(19)9-20-18/h1-7,9H,8,18-19H2,(H,21,22,24)/b20-9-. The van der Waals surface area contributed by atoms with Crippen LogP contribution in [0.4, 0.5) is 15.2 Å². The molecule has 1 amide bonds. The number of aromatic nitrogens is 1. The van der Waals surface area contributed by atoms with E-state index in [-0.39, 0.29) is 18.3 Å². The number of nitrogens with one attached hydrogen (secondary N) is 1. The Balaban J connectivity index is 1.60. The zero-order valence-corrected chi connectivity index (χ0v) is 14.2. The molecule has 1 aromatic heterocycles. The number of rotatable bonds is 6. The molecule has 26 heavy (non-hydrogen) atoms. The maximum Gasteiger partial charge on any atom is 0.264 e. The summed E-state index contributed by atoms with van der Waals surface area (Å²) in [6, 6.07) is 11.0. The second-order valence-corrected chi connectivity index (χ2v) is 6.17. The van der Waals surface area contributed by atoms with E-state index in [1.165, 1.54) is 34.8 Å². The van der Waals surface area contributed by atoms with Crippen LogP contribution < -0.4 is 26.7 Å². The van der Waals surface area contributed by atoms with Gasteiger partial charge in [-0.25, -0.2) is 15.2 Å². The van der Waals surface area contributed by atoms with Crippen molar-refractivity contribution < 1.29 is 13.9 Å². The molecule has 2 aromatic carbocycles. The van der Waals surface area contributed by atoms with Crippen LogP contribution in [0.15, 0.2) is 47.6 Å². The fourth-order valence-electron chi connectivity index (χ4n) is 2.13. The monoisotopic (exact) mass is 374 g/mol. The van der Waals surface area contributed by atoms with Gasteiger partial charge in [-0.3, -0.25) is 15.1 Å². The van der Waals surface area contributed by atoms with Crippen LogP contribution in [0.5, 0.6) is 5.75 Å². The number of amides is 1. The van der Waals surface area contributed by atoms with Gasteiger partial charge in [-0.15, -0.1) is 0 Å². The van der Waals surface area contributed by atoms with Crippen molar-refractivity contribution in [2.75, 3.05) is 16.9 Å². The highest BCUT2D eigenvalue weighted by Gasteiger charge is 2.10. The van der Waals surface area contributed by atoms with Crippen molar-refractivity contribution in [3.8, 4) is 5.75 Å². The van der Waals surface area contributed by atoms with E-state index < -0.39 is 0 Å². The van der Waals surface area contributed by atoms with E-state index in [0.717, 1.165) is 0 Å². The fourth-order valence-corrected chi connectivity index (χ4v) is 3.04. The third-order valence-corrected chi connectivity index (χ3v) is 4.21. The Labute approximate surface area is 151 Å². The molecule has 0 saturated carbocycles. The molecule has 5 N–H and O–H groups in total. The molecule has 1 heterocycles. The largest absolute Gasteiger partial charge is 0.484 e. The Morgan fingerprint density at radius 3 is 3.04 bits per heavy atom. The number of nitrogens with two attached hydrogens (primary N) is 2. The number of fused-ring (bicyclic) bond motifs is 1. The first-order valence-electron chi connectivity index (χ1n) is 7.41. The van der Waals surface area contributed by atoms with E-state index in [1.807, 2.05) is 0 Å². The van der Waals surface area contributed by atoms with Gasteiger partial charge in [0.1, 0.15) is 17.9 Å². The van der Waals surface area contributed by atoms with E-state index in [4.69, 9.17) is 16.4 Å². The number of hydrogen-bond donors (Lipinski definition) is 3. The molecule has 0 aliphatic heterocycles. The summed E-state index contributed by atoms with van der Waals surface area (Å²) in [6.07, 6.45) is 1.24. The van der Waals surface area contributed by atoms with Crippen LogP contribution in [0.25, 0.3) is 10.2 Å². The van der Waals surface area contributed by atoms with Crippen molar-refractivity contribution in [1.29, 1.82) is 0 Å². The number of hydrogen-bond acceptors (Lipinski definition) is 7. The van der Waals surface area contributed by atoms with Crippen molar-refractivity contribution in [2.45, 2.75) is 0 Å². The van der Waals surface area contributed by atoms with Crippen LogP contribution in [-0.4, -0.2) is 23.8 Å². The van der Waals surface area contributed by atoms with E-state index >= 15 is 0 Å². The van der Waals surface area contributed by atoms with Gasteiger partial charge >= 0.3 is 0 Å². The molecular weight excluding hydrogens is 359 g/mol. The topological polar surface area (TPSA) is 119 Å². The number of hydrazone groups is 1. The second kappa shape index (κ2) is 7.76. The van der Waals surface area contributed by atoms with E-state index in [2.05, 4.69) is 15.4 Å². The zero-order chi connectivity index (χ0) is 18.5. The molecule has 0 spiro atoms. The SMILES string of the molecule is N/N=C\N(N)c1cccc(OCC(=O)Nc2nc3ccc(F)cc3s2)c1. The van der Waals surface area contributed by atoms with Crippen molar-refractivity contribution in [3.05, 3.63) is 48.3 Å². The summed E-state index contributed by atoms with van der Waals surface area (Å²) in [5.41, 5.74) is 1.20. The lowest BCUT2D eigenvalue weighted by Gasteiger charge is -2.13. The molecule has 0 fully saturated rings. The highest BCUT2D eigenvalue weighted by Crippen LogP contribution is 2.26. The number of thiazole rings is 1. The van der Waals surface area contributed by atoms with Gasteiger partial charge in [0, 0.05) is 6.07 Å². The maximum absolute atomic E-state index is 13.2. The quantitative estimate of drug-likeness (QED) is 0.263. The molecule has 8 nitrogen and oxygen atoms in total. The number of hydrazine groups is 1. The number of carbonyl (C=O) groups is 1. The molecule has 10 heteroatoms. The van der Waals surface area contributed by atoms with E-state index in [9.17, 15) is 9.18 Å². The van der Waals surface area contributed by atoms with Gasteiger partial charge < -0.3 is 10.6 Å². The summed E-state index contributed by atoms with van der Waals surface area (Å²) >= 11 is 1.19. The number of benzene rings is 2. The number of anilines is 2. The van der Waals surface area contributed by atoms with Crippen molar-refractivity contribution in [3.63, 3.8) is 0 Å². The highest BCUT2D eigenvalue weighted by molar-refractivity contribution is 7.22. The third kappa shape index (κ3) is 4.23. The minimum Gasteiger partial charge on any atom is -0.484 e. The van der Waals surface area contributed by atoms with E-state index in [1.54, 1.807) is 30.3 Å². The Morgan fingerprint density at radius 2 is 2.23 bits per heavy atom.